The molecule has 3 heteroatoms. The highest BCUT2D eigenvalue weighted by Gasteiger charge is 2.10. The predicted octanol–water partition coefficient (Wildman–Crippen LogP) is 5.39. The number of hydrogen-bond donors (Lipinski definition) is 1. The van der Waals surface area contributed by atoms with Crippen LogP contribution in [0, 0.1) is 0 Å². The molecule has 2 aromatic rings. The Kier molecular flexibility index (Phi) is 7.68. The molecular formula is C17H21Cl2N. The Morgan fingerprint density at radius 2 is 1.65 bits per heavy atom. The van der Waals surface area contributed by atoms with Crippen LogP contribution in [-0.2, 0) is 6.54 Å². The zero-order chi connectivity index (χ0) is 13.5. The van der Waals surface area contributed by atoms with Crippen molar-refractivity contribution in [2.24, 2.45) is 0 Å². The Morgan fingerprint density at radius 3 is 2.30 bits per heavy atom. The van der Waals surface area contributed by atoms with Crippen molar-refractivity contribution in [3.8, 4) is 0 Å². The molecule has 1 unspecified atom stereocenters. The van der Waals surface area contributed by atoms with Crippen LogP contribution in [0.3, 0.4) is 0 Å². The molecule has 1 N–H and O–H groups in total. The molecule has 0 heterocycles. The molecule has 0 aliphatic heterocycles. The first kappa shape index (κ1) is 17.0. The van der Waals surface area contributed by atoms with Crippen LogP contribution in [0.15, 0.2) is 54.6 Å². The maximum atomic E-state index is 6.19. The maximum absolute atomic E-state index is 6.19. The highest BCUT2D eigenvalue weighted by atomic mass is 35.5. The fraction of sp³-hybridized carbons (Fsp3) is 0.294. The van der Waals surface area contributed by atoms with Gasteiger partial charge in [-0.1, -0.05) is 73.5 Å². The van der Waals surface area contributed by atoms with Gasteiger partial charge in [-0.25, -0.2) is 0 Å². The lowest BCUT2D eigenvalue weighted by atomic mass is 10.0. The van der Waals surface area contributed by atoms with Crippen molar-refractivity contribution in [3.63, 3.8) is 0 Å². The number of rotatable bonds is 6. The molecular weight excluding hydrogens is 289 g/mol. The van der Waals surface area contributed by atoms with Crippen LogP contribution in [0.4, 0.5) is 0 Å². The minimum atomic E-state index is 0. The van der Waals surface area contributed by atoms with Gasteiger partial charge in [0.15, 0.2) is 0 Å². The van der Waals surface area contributed by atoms with E-state index in [1.807, 2.05) is 18.2 Å². The van der Waals surface area contributed by atoms with Crippen molar-refractivity contribution < 1.29 is 0 Å². The van der Waals surface area contributed by atoms with E-state index in [-0.39, 0.29) is 12.4 Å². The van der Waals surface area contributed by atoms with Crippen LogP contribution in [0.1, 0.15) is 36.9 Å². The van der Waals surface area contributed by atoms with Crippen LogP contribution >= 0.6 is 24.0 Å². The van der Waals surface area contributed by atoms with Crippen molar-refractivity contribution in [2.75, 3.05) is 0 Å². The minimum Gasteiger partial charge on any atom is -0.306 e. The molecule has 0 amide bonds. The Balaban J connectivity index is 0.00000200. The van der Waals surface area contributed by atoms with Gasteiger partial charge in [0.1, 0.15) is 0 Å². The Morgan fingerprint density at radius 1 is 1.00 bits per heavy atom. The third-order valence-corrected chi connectivity index (χ3v) is 3.64. The lowest BCUT2D eigenvalue weighted by molar-refractivity contribution is 0.493. The van der Waals surface area contributed by atoms with Gasteiger partial charge in [0.2, 0.25) is 0 Å². The van der Waals surface area contributed by atoms with Gasteiger partial charge in [-0.05, 0) is 23.6 Å². The van der Waals surface area contributed by atoms with E-state index in [0.717, 1.165) is 30.0 Å². The summed E-state index contributed by atoms with van der Waals surface area (Å²) in [6, 6.07) is 19.0. The first-order valence-corrected chi connectivity index (χ1v) is 7.20. The van der Waals surface area contributed by atoms with Gasteiger partial charge < -0.3 is 5.32 Å². The van der Waals surface area contributed by atoms with Crippen molar-refractivity contribution in [1.82, 2.24) is 5.32 Å². The predicted molar refractivity (Wildman–Crippen MR) is 89.6 cm³/mol. The van der Waals surface area contributed by atoms with Gasteiger partial charge >= 0.3 is 0 Å². The van der Waals surface area contributed by atoms with E-state index in [0.29, 0.717) is 6.04 Å². The first-order chi connectivity index (χ1) is 9.31. The SMILES string of the molecule is CCCC(NCc1ccccc1Cl)c1ccccc1.Cl. The summed E-state index contributed by atoms with van der Waals surface area (Å²) in [5.74, 6) is 0. The van der Waals surface area contributed by atoms with Crippen LogP contribution in [0.5, 0.6) is 0 Å². The summed E-state index contributed by atoms with van der Waals surface area (Å²) in [7, 11) is 0. The van der Waals surface area contributed by atoms with Crippen molar-refractivity contribution in [1.29, 1.82) is 0 Å². The van der Waals surface area contributed by atoms with Crippen LogP contribution in [0.25, 0.3) is 0 Å². The topological polar surface area (TPSA) is 12.0 Å². The van der Waals surface area contributed by atoms with Crippen molar-refractivity contribution in [3.05, 3.63) is 70.7 Å². The molecule has 0 spiro atoms. The quantitative estimate of drug-likeness (QED) is 0.754. The molecule has 20 heavy (non-hydrogen) atoms. The Hall–Kier alpha value is -1.02. The average molecular weight is 310 g/mol. The third kappa shape index (κ3) is 4.82. The summed E-state index contributed by atoms with van der Waals surface area (Å²) in [5.41, 5.74) is 2.50. The fourth-order valence-electron chi connectivity index (χ4n) is 2.24. The molecule has 1 nitrogen and oxygen atoms in total. The summed E-state index contributed by atoms with van der Waals surface area (Å²) < 4.78 is 0. The second kappa shape index (κ2) is 9.02. The maximum Gasteiger partial charge on any atom is 0.0450 e. The summed E-state index contributed by atoms with van der Waals surface area (Å²) in [5, 5.41) is 4.44. The van der Waals surface area contributed by atoms with Crippen molar-refractivity contribution >= 4 is 24.0 Å². The number of nitrogens with one attached hydrogen (secondary N) is 1. The minimum absolute atomic E-state index is 0. The summed E-state index contributed by atoms with van der Waals surface area (Å²) in [4.78, 5) is 0. The monoisotopic (exact) mass is 309 g/mol. The van der Waals surface area contributed by atoms with E-state index in [4.69, 9.17) is 11.6 Å². The molecule has 0 aromatic heterocycles. The lowest BCUT2D eigenvalue weighted by Gasteiger charge is -2.19. The van der Waals surface area contributed by atoms with Gasteiger partial charge in [0.25, 0.3) is 0 Å². The molecule has 0 saturated heterocycles. The van der Waals surface area contributed by atoms with Crippen LogP contribution < -0.4 is 5.32 Å². The van der Waals surface area contributed by atoms with Crippen LogP contribution in [0.2, 0.25) is 5.02 Å². The second-order valence-electron chi connectivity index (χ2n) is 4.72. The summed E-state index contributed by atoms with van der Waals surface area (Å²) in [6.07, 6.45) is 2.30. The Bertz CT molecular complexity index is 499. The lowest BCUT2D eigenvalue weighted by Crippen LogP contribution is -2.20. The normalized spacial score (nSPS) is 11.7. The second-order valence-corrected chi connectivity index (χ2v) is 5.13. The zero-order valence-corrected chi connectivity index (χ0v) is 13.3. The molecule has 0 fully saturated rings. The van der Waals surface area contributed by atoms with Gasteiger partial charge in [-0.2, -0.15) is 0 Å². The van der Waals surface area contributed by atoms with Crippen molar-refractivity contribution in [2.45, 2.75) is 32.4 Å². The molecule has 108 valence electrons. The van der Waals surface area contributed by atoms with E-state index < -0.39 is 0 Å². The number of halogens is 2. The van der Waals surface area contributed by atoms with E-state index in [1.165, 1.54) is 5.56 Å². The highest BCUT2D eigenvalue weighted by Crippen LogP contribution is 2.20. The molecule has 2 aromatic carbocycles. The molecule has 0 saturated carbocycles. The van der Waals surface area contributed by atoms with E-state index in [1.54, 1.807) is 0 Å². The van der Waals surface area contributed by atoms with Gasteiger partial charge in [0, 0.05) is 17.6 Å². The largest absolute Gasteiger partial charge is 0.306 e. The molecule has 2 rings (SSSR count). The van der Waals surface area contributed by atoms with Gasteiger partial charge in [-0.3, -0.25) is 0 Å². The summed E-state index contributed by atoms with van der Waals surface area (Å²) in [6.45, 7) is 3.02. The van der Waals surface area contributed by atoms with E-state index >= 15 is 0 Å². The fourth-order valence-corrected chi connectivity index (χ4v) is 2.44. The van der Waals surface area contributed by atoms with Crippen LogP contribution in [-0.4, -0.2) is 0 Å². The third-order valence-electron chi connectivity index (χ3n) is 3.28. The summed E-state index contributed by atoms with van der Waals surface area (Å²) >= 11 is 6.19. The number of hydrogen-bond acceptors (Lipinski definition) is 1. The molecule has 0 bridgehead atoms. The highest BCUT2D eigenvalue weighted by molar-refractivity contribution is 6.31. The zero-order valence-electron chi connectivity index (χ0n) is 11.7. The van der Waals surface area contributed by atoms with Gasteiger partial charge in [-0.15, -0.1) is 12.4 Å². The first-order valence-electron chi connectivity index (χ1n) is 6.83. The molecule has 0 radical (unpaired) electrons. The molecule has 1 atom stereocenters. The van der Waals surface area contributed by atoms with E-state index in [9.17, 15) is 0 Å². The standard InChI is InChI=1S/C17H20ClN.ClH/c1-2-8-17(14-9-4-3-5-10-14)19-13-15-11-6-7-12-16(15)18;/h3-7,9-12,17,19H,2,8,13H2,1H3;1H. The number of benzene rings is 2. The molecule has 0 aliphatic rings. The average Bonchev–Trinajstić information content (AvgIpc) is 2.46. The molecule has 0 aliphatic carbocycles. The smallest absolute Gasteiger partial charge is 0.0450 e. The van der Waals surface area contributed by atoms with E-state index in [2.05, 4.69) is 48.6 Å². The Labute approximate surface area is 132 Å². The van der Waals surface area contributed by atoms with Gasteiger partial charge in [0.05, 0.1) is 0 Å².